The summed E-state index contributed by atoms with van der Waals surface area (Å²) in [6.45, 7) is 7.02. The quantitative estimate of drug-likeness (QED) is 0.812. The van der Waals surface area contributed by atoms with Gasteiger partial charge in [0.2, 0.25) is 0 Å². The molecule has 0 amide bonds. The molecule has 0 bridgehead atoms. The van der Waals surface area contributed by atoms with Crippen LogP contribution in [0.5, 0.6) is 0 Å². The van der Waals surface area contributed by atoms with Crippen LogP contribution in [-0.2, 0) is 6.54 Å². The molecule has 0 aliphatic heterocycles. The Morgan fingerprint density at radius 2 is 2.20 bits per heavy atom. The van der Waals surface area contributed by atoms with Crippen LogP contribution in [0, 0.1) is 13.8 Å². The fraction of sp³-hybridized carbons (Fsp3) is 0.727. The number of nitrogens with one attached hydrogen (secondary N) is 1. The lowest BCUT2D eigenvalue weighted by molar-refractivity contribution is 0.391. The maximum Gasteiger partial charge on any atom is 0.138 e. The summed E-state index contributed by atoms with van der Waals surface area (Å²) < 4.78 is 5.13. The fourth-order valence-electron chi connectivity index (χ4n) is 1.52. The Balaban J connectivity index is 2.48. The monoisotopic (exact) mass is 228 g/mol. The van der Waals surface area contributed by atoms with Crippen molar-refractivity contribution in [1.82, 2.24) is 10.5 Å². The lowest BCUT2D eigenvalue weighted by Gasteiger charge is -2.15. The molecular formula is C11H20N2OS. The van der Waals surface area contributed by atoms with Crippen LogP contribution in [0.1, 0.15) is 30.4 Å². The first-order valence-corrected chi connectivity index (χ1v) is 6.72. The second-order valence-electron chi connectivity index (χ2n) is 3.74. The zero-order valence-electron chi connectivity index (χ0n) is 9.96. The Morgan fingerprint density at radius 1 is 1.47 bits per heavy atom. The highest BCUT2D eigenvalue weighted by atomic mass is 32.2. The van der Waals surface area contributed by atoms with Crippen LogP contribution in [-0.4, -0.2) is 23.2 Å². The van der Waals surface area contributed by atoms with E-state index in [4.69, 9.17) is 4.52 Å². The molecule has 1 rings (SSSR count). The van der Waals surface area contributed by atoms with Gasteiger partial charge in [-0.05, 0) is 26.5 Å². The molecule has 1 N–H and O–H groups in total. The van der Waals surface area contributed by atoms with Gasteiger partial charge >= 0.3 is 0 Å². The van der Waals surface area contributed by atoms with Crippen molar-refractivity contribution >= 4 is 11.8 Å². The van der Waals surface area contributed by atoms with E-state index in [0.717, 1.165) is 30.2 Å². The van der Waals surface area contributed by atoms with E-state index in [9.17, 15) is 0 Å². The van der Waals surface area contributed by atoms with Gasteiger partial charge in [0.25, 0.3) is 0 Å². The van der Waals surface area contributed by atoms with Gasteiger partial charge in [0.05, 0.1) is 5.69 Å². The van der Waals surface area contributed by atoms with E-state index in [0.29, 0.717) is 6.04 Å². The smallest absolute Gasteiger partial charge is 0.138 e. The van der Waals surface area contributed by atoms with Gasteiger partial charge in [-0.1, -0.05) is 12.1 Å². The van der Waals surface area contributed by atoms with Crippen molar-refractivity contribution in [3.63, 3.8) is 0 Å². The molecule has 1 heterocycles. The molecule has 86 valence electrons. The average molecular weight is 228 g/mol. The number of rotatable bonds is 6. The van der Waals surface area contributed by atoms with Crippen LogP contribution in [0.15, 0.2) is 4.52 Å². The predicted octanol–water partition coefficient (Wildman–Crippen LogP) is 2.52. The molecule has 0 radical (unpaired) electrons. The highest BCUT2D eigenvalue weighted by Crippen LogP contribution is 2.12. The lowest BCUT2D eigenvalue weighted by atomic mass is 10.2. The van der Waals surface area contributed by atoms with Gasteiger partial charge in [0, 0.05) is 23.9 Å². The third-order valence-corrected chi connectivity index (χ3v) is 3.35. The third kappa shape index (κ3) is 3.54. The fourth-order valence-corrected chi connectivity index (χ4v) is 2.28. The summed E-state index contributed by atoms with van der Waals surface area (Å²) in [7, 11) is 0. The Kier molecular flexibility index (Phi) is 5.19. The molecule has 0 saturated heterocycles. The summed E-state index contributed by atoms with van der Waals surface area (Å²) in [6, 6.07) is 0.578. The van der Waals surface area contributed by atoms with Crippen molar-refractivity contribution in [3.8, 4) is 0 Å². The van der Waals surface area contributed by atoms with Crippen LogP contribution in [0.2, 0.25) is 0 Å². The standard InChI is InChI=1S/C11H20N2OS/c1-5-10(7-15-4)12-6-11-8(2)13-14-9(11)3/h10,12H,5-7H2,1-4H3. The van der Waals surface area contributed by atoms with Crippen LogP contribution in [0.25, 0.3) is 0 Å². The number of hydrogen-bond acceptors (Lipinski definition) is 4. The van der Waals surface area contributed by atoms with E-state index in [2.05, 4.69) is 23.7 Å². The summed E-state index contributed by atoms with van der Waals surface area (Å²) in [6.07, 6.45) is 3.30. The molecular weight excluding hydrogens is 208 g/mol. The van der Waals surface area contributed by atoms with Gasteiger partial charge in [0.15, 0.2) is 0 Å². The Morgan fingerprint density at radius 3 is 2.67 bits per heavy atom. The van der Waals surface area contributed by atoms with E-state index in [1.807, 2.05) is 25.6 Å². The summed E-state index contributed by atoms with van der Waals surface area (Å²) in [5.74, 6) is 2.08. The summed E-state index contributed by atoms with van der Waals surface area (Å²) in [4.78, 5) is 0. The minimum absolute atomic E-state index is 0.578. The molecule has 0 aliphatic rings. The highest BCUT2D eigenvalue weighted by Gasteiger charge is 2.10. The summed E-state index contributed by atoms with van der Waals surface area (Å²) in [5, 5.41) is 7.48. The van der Waals surface area contributed by atoms with Gasteiger partial charge in [-0.15, -0.1) is 0 Å². The zero-order chi connectivity index (χ0) is 11.3. The Bertz CT molecular complexity index is 279. The SMILES string of the molecule is CCC(CSC)NCc1c(C)noc1C. The predicted molar refractivity (Wildman–Crippen MR) is 65.3 cm³/mol. The number of thioether (sulfide) groups is 1. The zero-order valence-corrected chi connectivity index (χ0v) is 10.8. The molecule has 0 saturated carbocycles. The molecule has 4 heteroatoms. The molecule has 3 nitrogen and oxygen atoms in total. The van der Waals surface area contributed by atoms with Crippen molar-refractivity contribution in [2.45, 2.75) is 39.8 Å². The average Bonchev–Trinajstić information content (AvgIpc) is 2.54. The minimum Gasteiger partial charge on any atom is -0.361 e. The van der Waals surface area contributed by atoms with Gasteiger partial charge in [-0.2, -0.15) is 11.8 Å². The van der Waals surface area contributed by atoms with Crippen LogP contribution in [0.4, 0.5) is 0 Å². The van der Waals surface area contributed by atoms with Gasteiger partial charge in [0.1, 0.15) is 5.76 Å². The van der Waals surface area contributed by atoms with Gasteiger partial charge < -0.3 is 9.84 Å². The second-order valence-corrected chi connectivity index (χ2v) is 4.65. The minimum atomic E-state index is 0.578. The highest BCUT2D eigenvalue weighted by molar-refractivity contribution is 7.98. The van der Waals surface area contributed by atoms with E-state index in [-0.39, 0.29) is 0 Å². The number of aryl methyl sites for hydroxylation is 2. The van der Waals surface area contributed by atoms with Crippen molar-refractivity contribution < 1.29 is 4.52 Å². The summed E-state index contributed by atoms with van der Waals surface area (Å²) in [5.41, 5.74) is 2.20. The molecule has 0 aromatic carbocycles. The van der Waals surface area contributed by atoms with Crippen molar-refractivity contribution in [3.05, 3.63) is 17.0 Å². The Labute approximate surface area is 96.0 Å². The number of aromatic nitrogens is 1. The first-order valence-electron chi connectivity index (χ1n) is 5.33. The number of hydrogen-bond donors (Lipinski definition) is 1. The van der Waals surface area contributed by atoms with Crippen LogP contribution >= 0.6 is 11.8 Å². The van der Waals surface area contributed by atoms with Crippen LogP contribution in [0.3, 0.4) is 0 Å². The molecule has 15 heavy (non-hydrogen) atoms. The largest absolute Gasteiger partial charge is 0.361 e. The molecule has 1 unspecified atom stereocenters. The molecule has 1 aromatic heterocycles. The van der Waals surface area contributed by atoms with Crippen molar-refractivity contribution in [2.24, 2.45) is 0 Å². The van der Waals surface area contributed by atoms with Crippen molar-refractivity contribution in [2.75, 3.05) is 12.0 Å². The first kappa shape index (κ1) is 12.6. The maximum absolute atomic E-state index is 5.13. The normalized spacial score (nSPS) is 13.1. The van der Waals surface area contributed by atoms with Gasteiger partial charge in [-0.25, -0.2) is 0 Å². The first-order chi connectivity index (χ1) is 7.19. The third-order valence-electron chi connectivity index (χ3n) is 2.61. The second kappa shape index (κ2) is 6.18. The van der Waals surface area contributed by atoms with E-state index < -0.39 is 0 Å². The molecule has 0 fully saturated rings. The maximum atomic E-state index is 5.13. The molecule has 0 aliphatic carbocycles. The topological polar surface area (TPSA) is 38.1 Å². The molecule has 0 spiro atoms. The van der Waals surface area contributed by atoms with Crippen molar-refractivity contribution in [1.29, 1.82) is 0 Å². The summed E-state index contributed by atoms with van der Waals surface area (Å²) >= 11 is 1.88. The number of nitrogens with zero attached hydrogens (tertiary/aromatic N) is 1. The van der Waals surface area contributed by atoms with E-state index in [1.165, 1.54) is 5.56 Å². The van der Waals surface area contributed by atoms with Crippen LogP contribution < -0.4 is 5.32 Å². The molecule has 1 aromatic rings. The van der Waals surface area contributed by atoms with Gasteiger partial charge in [-0.3, -0.25) is 0 Å². The Hall–Kier alpha value is -0.480. The lowest BCUT2D eigenvalue weighted by Crippen LogP contribution is -2.30. The van der Waals surface area contributed by atoms with E-state index >= 15 is 0 Å². The molecule has 1 atom stereocenters. The van der Waals surface area contributed by atoms with E-state index in [1.54, 1.807) is 0 Å².